The Kier molecular flexibility index (Phi) is 6.60. The van der Waals surface area contributed by atoms with Gasteiger partial charge in [-0.25, -0.2) is 8.42 Å². The van der Waals surface area contributed by atoms with Crippen LogP contribution in [0.15, 0.2) is 77.7 Å². The highest BCUT2D eigenvalue weighted by atomic mass is 35.5. The summed E-state index contributed by atoms with van der Waals surface area (Å²) in [5, 5.41) is 9.64. The van der Waals surface area contributed by atoms with Crippen LogP contribution in [0.3, 0.4) is 0 Å². The van der Waals surface area contributed by atoms with Gasteiger partial charge < -0.3 is 14.9 Å². The zero-order valence-electron chi connectivity index (χ0n) is 18.1. The number of amides is 1. The summed E-state index contributed by atoms with van der Waals surface area (Å²) >= 11 is 6.27. The van der Waals surface area contributed by atoms with Crippen molar-refractivity contribution in [2.45, 2.75) is 4.90 Å². The average Bonchev–Trinajstić information content (AvgIpc) is 2.84. The Hall–Kier alpha value is -3.07. The molecule has 0 aliphatic carbocycles. The zero-order valence-corrected chi connectivity index (χ0v) is 19.6. The van der Waals surface area contributed by atoms with Crippen LogP contribution in [0, 0.1) is 0 Å². The number of nitrogens with zero attached hydrogens (tertiary/aromatic N) is 3. The highest BCUT2D eigenvalue weighted by Gasteiger charge is 2.30. The van der Waals surface area contributed by atoms with E-state index in [0.717, 1.165) is 5.69 Å². The number of phenols is 1. The van der Waals surface area contributed by atoms with Crippen molar-refractivity contribution in [3.63, 3.8) is 0 Å². The molecular weight excluding hydrogens is 462 g/mol. The molecule has 1 aliphatic rings. The first-order valence-corrected chi connectivity index (χ1v) is 12.3. The number of carbonyl (C=O) groups excluding carboxylic acids is 1. The van der Waals surface area contributed by atoms with Crippen LogP contribution in [0.1, 0.15) is 10.4 Å². The van der Waals surface area contributed by atoms with Crippen molar-refractivity contribution >= 4 is 38.9 Å². The Labute approximate surface area is 198 Å². The summed E-state index contributed by atoms with van der Waals surface area (Å²) < 4.78 is 28.0. The number of halogens is 1. The lowest BCUT2D eigenvalue weighted by atomic mass is 10.2. The van der Waals surface area contributed by atoms with Crippen LogP contribution >= 0.6 is 11.6 Å². The van der Waals surface area contributed by atoms with Crippen molar-refractivity contribution in [3.8, 4) is 5.75 Å². The lowest BCUT2D eigenvalue weighted by molar-refractivity contribution is 0.0993. The standard InChI is InChI=1S/C24H24ClN3O4S/c1-26(18-7-9-20(29)10-8-18)24(30)22-17-21(11-12-23(22)25)33(31,32)28-15-13-27(14-16-28)19-5-3-2-4-6-19/h2-12,17,29H,13-16H2,1H3. The van der Waals surface area contributed by atoms with Gasteiger partial charge in [0.15, 0.2) is 0 Å². The Morgan fingerprint density at radius 2 is 1.58 bits per heavy atom. The molecule has 1 aliphatic heterocycles. The van der Waals surface area contributed by atoms with Crippen molar-refractivity contribution < 1.29 is 18.3 Å². The maximum atomic E-state index is 13.3. The summed E-state index contributed by atoms with van der Waals surface area (Å²) in [5.74, 6) is -0.366. The fraction of sp³-hybridized carbons (Fsp3) is 0.208. The predicted octanol–water partition coefficient (Wildman–Crippen LogP) is 3.83. The van der Waals surface area contributed by atoms with Crippen molar-refractivity contribution in [2.24, 2.45) is 0 Å². The molecule has 0 saturated carbocycles. The van der Waals surface area contributed by atoms with Gasteiger partial charge in [-0.1, -0.05) is 29.8 Å². The Morgan fingerprint density at radius 1 is 0.939 bits per heavy atom. The second-order valence-corrected chi connectivity index (χ2v) is 10.1. The second-order valence-electron chi connectivity index (χ2n) is 7.75. The van der Waals surface area contributed by atoms with Crippen LogP contribution in [-0.2, 0) is 10.0 Å². The van der Waals surface area contributed by atoms with E-state index in [1.165, 1.54) is 39.5 Å². The monoisotopic (exact) mass is 485 g/mol. The van der Waals surface area contributed by atoms with Gasteiger partial charge in [0.1, 0.15) is 5.75 Å². The molecule has 3 aromatic rings. The molecule has 1 fully saturated rings. The number of piperazine rings is 1. The van der Waals surface area contributed by atoms with E-state index in [-0.39, 0.29) is 21.2 Å². The molecule has 0 unspecified atom stereocenters. The normalized spacial score (nSPS) is 14.8. The molecule has 3 aromatic carbocycles. The van der Waals surface area contributed by atoms with Crippen molar-refractivity contribution in [3.05, 3.63) is 83.4 Å². The lowest BCUT2D eigenvalue weighted by Gasteiger charge is -2.35. The number of carbonyl (C=O) groups is 1. The van der Waals surface area contributed by atoms with E-state index in [0.29, 0.717) is 31.9 Å². The minimum Gasteiger partial charge on any atom is -0.508 e. The molecule has 7 nitrogen and oxygen atoms in total. The van der Waals surface area contributed by atoms with Crippen molar-refractivity contribution in [2.75, 3.05) is 43.0 Å². The number of para-hydroxylation sites is 1. The van der Waals surface area contributed by atoms with Gasteiger partial charge in [0.25, 0.3) is 5.91 Å². The molecule has 172 valence electrons. The third kappa shape index (κ3) is 4.83. The largest absolute Gasteiger partial charge is 0.508 e. The van der Waals surface area contributed by atoms with Gasteiger partial charge in [0, 0.05) is 44.6 Å². The molecule has 0 aromatic heterocycles. The summed E-state index contributed by atoms with van der Waals surface area (Å²) in [6.07, 6.45) is 0. The van der Waals surface area contributed by atoms with Crippen LogP contribution in [0.25, 0.3) is 0 Å². The van der Waals surface area contributed by atoms with E-state index in [1.807, 2.05) is 30.3 Å². The number of hydrogen-bond donors (Lipinski definition) is 1. The van der Waals surface area contributed by atoms with E-state index in [2.05, 4.69) is 4.90 Å². The van der Waals surface area contributed by atoms with E-state index in [1.54, 1.807) is 19.2 Å². The SMILES string of the molecule is CN(C(=O)c1cc(S(=O)(=O)N2CCN(c3ccccc3)CC2)ccc1Cl)c1ccc(O)cc1. The predicted molar refractivity (Wildman–Crippen MR) is 130 cm³/mol. The highest BCUT2D eigenvalue weighted by Crippen LogP contribution is 2.27. The number of phenolic OH excluding ortho intramolecular Hbond substituents is 1. The topological polar surface area (TPSA) is 81.2 Å². The first-order valence-electron chi connectivity index (χ1n) is 10.4. The molecule has 1 N–H and O–H groups in total. The summed E-state index contributed by atoms with van der Waals surface area (Å²) in [6, 6.07) is 20.2. The van der Waals surface area contributed by atoms with Gasteiger partial charge in [0.05, 0.1) is 15.5 Å². The molecule has 0 atom stereocenters. The Bertz CT molecular complexity index is 1240. The molecule has 9 heteroatoms. The summed E-state index contributed by atoms with van der Waals surface area (Å²) in [5.41, 5.74) is 1.70. The number of aromatic hydroxyl groups is 1. The molecule has 1 amide bonds. The van der Waals surface area contributed by atoms with Crippen LogP contribution in [0.5, 0.6) is 5.75 Å². The van der Waals surface area contributed by atoms with Crippen LogP contribution in [0.4, 0.5) is 11.4 Å². The second kappa shape index (κ2) is 9.43. The van der Waals surface area contributed by atoms with Gasteiger partial charge in [-0.2, -0.15) is 4.31 Å². The molecule has 0 bridgehead atoms. The number of hydrogen-bond acceptors (Lipinski definition) is 5. The van der Waals surface area contributed by atoms with Gasteiger partial charge >= 0.3 is 0 Å². The highest BCUT2D eigenvalue weighted by molar-refractivity contribution is 7.89. The number of sulfonamides is 1. The van der Waals surface area contributed by atoms with Crippen LogP contribution in [0.2, 0.25) is 5.02 Å². The Balaban J connectivity index is 1.54. The van der Waals surface area contributed by atoms with Crippen LogP contribution < -0.4 is 9.80 Å². The lowest BCUT2D eigenvalue weighted by Crippen LogP contribution is -2.48. The zero-order chi connectivity index (χ0) is 23.6. The first-order chi connectivity index (χ1) is 15.8. The Morgan fingerprint density at radius 3 is 2.21 bits per heavy atom. The van der Waals surface area contributed by atoms with Crippen molar-refractivity contribution in [1.29, 1.82) is 0 Å². The van der Waals surface area contributed by atoms with Crippen molar-refractivity contribution in [1.82, 2.24) is 4.31 Å². The smallest absolute Gasteiger partial charge is 0.259 e. The minimum absolute atomic E-state index is 0.0301. The molecule has 0 spiro atoms. The number of rotatable bonds is 5. The van der Waals surface area contributed by atoms with E-state index in [4.69, 9.17) is 11.6 Å². The van der Waals surface area contributed by atoms with E-state index in [9.17, 15) is 18.3 Å². The summed E-state index contributed by atoms with van der Waals surface area (Å²) in [7, 11) is -2.23. The third-order valence-corrected chi connectivity index (χ3v) is 7.93. The quantitative estimate of drug-likeness (QED) is 0.594. The maximum absolute atomic E-state index is 13.3. The fourth-order valence-corrected chi connectivity index (χ4v) is 5.42. The van der Waals surface area contributed by atoms with Gasteiger partial charge in [-0.15, -0.1) is 0 Å². The summed E-state index contributed by atoms with van der Waals surface area (Å²) in [4.78, 5) is 16.6. The average molecular weight is 486 g/mol. The fourth-order valence-electron chi connectivity index (χ4n) is 3.78. The third-order valence-electron chi connectivity index (χ3n) is 5.71. The molecule has 1 heterocycles. The molecule has 33 heavy (non-hydrogen) atoms. The number of benzene rings is 3. The number of anilines is 2. The first kappa shape index (κ1) is 23.1. The molecule has 0 radical (unpaired) electrons. The van der Waals surface area contributed by atoms with Gasteiger partial charge in [0.2, 0.25) is 10.0 Å². The maximum Gasteiger partial charge on any atom is 0.259 e. The molecule has 1 saturated heterocycles. The van der Waals surface area contributed by atoms with E-state index >= 15 is 0 Å². The molecule has 4 rings (SSSR count). The van der Waals surface area contributed by atoms with Gasteiger partial charge in [-0.3, -0.25) is 4.79 Å². The van der Waals surface area contributed by atoms with E-state index < -0.39 is 15.9 Å². The summed E-state index contributed by atoms with van der Waals surface area (Å²) in [6.45, 7) is 1.84. The van der Waals surface area contributed by atoms with Gasteiger partial charge in [-0.05, 0) is 54.6 Å². The minimum atomic E-state index is -3.79. The molecular formula is C24H24ClN3O4S. The van der Waals surface area contributed by atoms with Crippen LogP contribution in [-0.4, -0.2) is 57.0 Å².